The normalized spacial score (nSPS) is 21.9. The number of nitrogens with two attached hydrogens (primary N) is 1. The molecule has 4 heterocycles. The van der Waals surface area contributed by atoms with E-state index in [4.69, 9.17) is 5.73 Å². The monoisotopic (exact) mass is 604 g/mol. The summed E-state index contributed by atoms with van der Waals surface area (Å²) in [5.74, 6) is -4.15. The largest absolute Gasteiger partial charge is 0.477 e. The first-order valence-electron chi connectivity index (χ1n) is 10.8. The van der Waals surface area contributed by atoms with Crippen molar-refractivity contribution in [3.05, 3.63) is 40.8 Å². The Kier molecular flexibility index (Phi) is 7.94. The number of halogens is 3. The number of anilines is 1. The Morgan fingerprint density at radius 3 is 2.79 bits per heavy atom. The number of aromatic amines is 1. The number of carbonyl (C=O) groups is 3. The fourth-order valence-electron chi connectivity index (χ4n) is 3.96. The third kappa shape index (κ3) is 5.46. The van der Waals surface area contributed by atoms with Crippen LogP contribution in [0.4, 0.5) is 18.3 Å². The SMILES string of the molecule is C=CCC(Sc1n[nH]c(C(F)(F)F)n1)C1=C(C(=O)O)N2C(=O)C[C@@H]2SC1(NC(=O)C=NOC)c1csc(N)n1. The lowest BCUT2D eigenvalue weighted by molar-refractivity contribution is -0.146. The molecule has 1 fully saturated rings. The number of thioether (sulfide) groups is 2. The van der Waals surface area contributed by atoms with Gasteiger partial charge in [0.05, 0.1) is 17.5 Å². The predicted octanol–water partition coefficient (Wildman–Crippen LogP) is 2.14. The van der Waals surface area contributed by atoms with Gasteiger partial charge in [0.25, 0.3) is 5.91 Å². The van der Waals surface area contributed by atoms with Crippen LogP contribution in [-0.2, 0) is 30.3 Å². The maximum absolute atomic E-state index is 13.2. The molecule has 3 atom stereocenters. The molecule has 0 bridgehead atoms. The van der Waals surface area contributed by atoms with E-state index >= 15 is 0 Å². The van der Waals surface area contributed by atoms with Crippen LogP contribution in [0.1, 0.15) is 24.4 Å². The minimum atomic E-state index is -4.81. The molecular formula is C20H19F3N8O5S3. The molecule has 0 radical (unpaired) electrons. The van der Waals surface area contributed by atoms with Gasteiger partial charge in [0.2, 0.25) is 16.9 Å². The summed E-state index contributed by atoms with van der Waals surface area (Å²) in [6, 6.07) is 0. The van der Waals surface area contributed by atoms with E-state index in [0.29, 0.717) is 11.8 Å². The van der Waals surface area contributed by atoms with Crippen LogP contribution in [0.3, 0.4) is 0 Å². The van der Waals surface area contributed by atoms with Crippen molar-refractivity contribution in [2.45, 2.75) is 39.7 Å². The number of nitrogens with zero attached hydrogens (tertiary/aromatic N) is 5. The Hall–Kier alpha value is -3.58. The number of carboxylic acids is 1. The Morgan fingerprint density at radius 2 is 2.26 bits per heavy atom. The van der Waals surface area contributed by atoms with Crippen LogP contribution in [0.5, 0.6) is 0 Å². The average Bonchev–Trinajstić information content (AvgIpc) is 3.51. The van der Waals surface area contributed by atoms with Crippen LogP contribution in [0.2, 0.25) is 0 Å². The Bertz CT molecular complexity index is 1380. The zero-order valence-corrected chi connectivity index (χ0v) is 22.2. The lowest BCUT2D eigenvalue weighted by Crippen LogP contribution is -2.62. The van der Waals surface area contributed by atoms with Crippen LogP contribution in [-0.4, -0.2) is 71.9 Å². The Morgan fingerprint density at radius 1 is 1.51 bits per heavy atom. The van der Waals surface area contributed by atoms with Crippen molar-refractivity contribution in [2.24, 2.45) is 5.16 Å². The highest BCUT2D eigenvalue weighted by Crippen LogP contribution is 2.57. The number of oxime groups is 1. The molecule has 0 spiro atoms. The molecule has 39 heavy (non-hydrogen) atoms. The van der Waals surface area contributed by atoms with E-state index in [0.717, 1.165) is 34.2 Å². The molecule has 19 heteroatoms. The quantitative estimate of drug-likeness (QED) is 0.102. The zero-order valence-electron chi connectivity index (χ0n) is 19.8. The van der Waals surface area contributed by atoms with Crippen molar-refractivity contribution in [2.75, 3.05) is 12.8 Å². The fourth-order valence-corrected chi connectivity index (χ4v) is 7.57. The fraction of sp³-hybridized carbons (Fsp3) is 0.350. The number of fused-ring (bicyclic) bond motifs is 1. The highest BCUT2D eigenvalue weighted by molar-refractivity contribution is 8.01. The molecule has 5 N–H and O–H groups in total. The number of nitrogen functional groups attached to an aromatic ring is 1. The number of thiazole rings is 1. The lowest BCUT2D eigenvalue weighted by Gasteiger charge is -2.52. The number of nitrogens with one attached hydrogen (secondary N) is 2. The van der Waals surface area contributed by atoms with Crippen molar-refractivity contribution in [1.82, 2.24) is 30.4 Å². The molecule has 0 saturated carbocycles. The average molecular weight is 605 g/mol. The third-order valence-electron chi connectivity index (χ3n) is 5.44. The number of alkyl halides is 3. The summed E-state index contributed by atoms with van der Waals surface area (Å²) in [7, 11) is 1.21. The number of allylic oxidation sites excluding steroid dienone is 1. The molecule has 2 aliphatic heterocycles. The summed E-state index contributed by atoms with van der Waals surface area (Å²) >= 11 is 2.74. The van der Waals surface area contributed by atoms with Crippen LogP contribution in [0.25, 0.3) is 0 Å². The maximum Gasteiger partial charge on any atom is 0.451 e. The number of amides is 2. The van der Waals surface area contributed by atoms with Crippen molar-refractivity contribution in [1.29, 1.82) is 0 Å². The van der Waals surface area contributed by atoms with Gasteiger partial charge in [0.15, 0.2) is 10.0 Å². The first kappa shape index (κ1) is 28.4. The molecule has 2 amide bonds. The topological polar surface area (TPSA) is 189 Å². The standard InChI is InChI=1S/C20H19F3N8O5S3/c1-3-4-8(38-18-27-16(29-30-18)20(21,22)23)13-14(15(34)35)31-11(33)5-12(31)39-19(13,9-7-37-17(24)26-9)28-10(32)6-25-36-2/h3,6-8,12H,1,4-5H2,2H3,(H2,24,26)(H,28,32)(H,34,35)(H,27,29,30)/t8?,12-,19?/m0/s1. The maximum atomic E-state index is 13.2. The predicted molar refractivity (Wildman–Crippen MR) is 135 cm³/mol. The van der Waals surface area contributed by atoms with Crippen LogP contribution >= 0.6 is 34.9 Å². The highest BCUT2D eigenvalue weighted by atomic mass is 32.2. The van der Waals surface area contributed by atoms with Gasteiger partial charge in [-0.3, -0.25) is 19.6 Å². The zero-order chi connectivity index (χ0) is 28.5. The molecule has 1 saturated heterocycles. The van der Waals surface area contributed by atoms with E-state index in [-0.39, 0.29) is 34.4 Å². The molecule has 13 nitrogen and oxygen atoms in total. The number of β-lactam (4-membered cyclic amide) rings is 1. The summed E-state index contributed by atoms with van der Waals surface area (Å²) in [5.41, 5.74) is 5.51. The van der Waals surface area contributed by atoms with Gasteiger partial charge in [-0.25, -0.2) is 9.78 Å². The number of carboxylic acid groups (broad SMARTS) is 1. The van der Waals surface area contributed by atoms with Gasteiger partial charge in [0.1, 0.15) is 19.0 Å². The molecule has 2 aromatic rings. The van der Waals surface area contributed by atoms with Gasteiger partial charge in [-0.05, 0) is 6.42 Å². The molecule has 2 aliphatic rings. The van der Waals surface area contributed by atoms with Crippen LogP contribution in [0, 0.1) is 0 Å². The van der Waals surface area contributed by atoms with Crippen molar-refractivity contribution in [3.8, 4) is 0 Å². The van der Waals surface area contributed by atoms with Crippen molar-refractivity contribution < 1.29 is 37.5 Å². The van der Waals surface area contributed by atoms with Crippen molar-refractivity contribution >= 4 is 64.0 Å². The van der Waals surface area contributed by atoms with Gasteiger partial charge in [0, 0.05) is 16.2 Å². The van der Waals surface area contributed by atoms with E-state index in [2.05, 4.69) is 37.0 Å². The minimum absolute atomic E-state index is 0.0245. The Balaban J connectivity index is 1.95. The Labute approximate surface area is 230 Å². The molecule has 208 valence electrons. The number of aromatic nitrogens is 4. The second kappa shape index (κ2) is 10.9. The minimum Gasteiger partial charge on any atom is -0.477 e. The summed E-state index contributed by atoms with van der Waals surface area (Å²) in [6.07, 6.45) is -2.64. The first-order valence-corrected chi connectivity index (χ1v) is 13.4. The summed E-state index contributed by atoms with van der Waals surface area (Å²) in [6.45, 7) is 3.68. The van der Waals surface area contributed by atoms with Gasteiger partial charge < -0.3 is 21.0 Å². The number of aliphatic carboxylic acids is 1. The second-order valence-electron chi connectivity index (χ2n) is 7.86. The van der Waals surface area contributed by atoms with E-state index in [1.807, 2.05) is 5.10 Å². The third-order valence-corrected chi connectivity index (χ3v) is 8.75. The smallest absolute Gasteiger partial charge is 0.451 e. The molecule has 2 unspecified atom stereocenters. The van der Waals surface area contributed by atoms with Crippen LogP contribution in [0.15, 0.2) is 39.6 Å². The van der Waals surface area contributed by atoms with E-state index < -0.39 is 51.0 Å². The molecule has 4 rings (SSSR count). The number of carbonyl (C=O) groups excluding carboxylic acids is 2. The van der Waals surface area contributed by atoms with E-state index in [9.17, 15) is 32.7 Å². The first-order chi connectivity index (χ1) is 18.4. The second-order valence-corrected chi connectivity index (χ2v) is 11.3. The summed E-state index contributed by atoms with van der Waals surface area (Å²) in [5, 5.41) is 21.4. The number of rotatable bonds is 10. The van der Waals surface area contributed by atoms with Gasteiger partial charge in [-0.15, -0.1) is 23.0 Å². The molecule has 0 aliphatic carbocycles. The van der Waals surface area contributed by atoms with E-state index in [1.54, 1.807) is 0 Å². The summed E-state index contributed by atoms with van der Waals surface area (Å²) < 4.78 is 39.5. The van der Waals surface area contributed by atoms with Gasteiger partial charge in [-0.1, -0.05) is 34.8 Å². The highest BCUT2D eigenvalue weighted by Gasteiger charge is 2.58. The van der Waals surface area contributed by atoms with Gasteiger partial charge >= 0.3 is 12.1 Å². The molecular weight excluding hydrogens is 585 g/mol. The summed E-state index contributed by atoms with van der Waals surface area (Å²) in [4.78, 5) is 49.9. The van der Waals surface area contributed by atoms with Gasteiger partial charge in [-0.2, -0.15) is 18.2 Å². The lowest BCUT2D eigenvalue weighted by atomic mass is 9.92. The van der Waals surface area contributed by atoms with Crippen LogP contribution < -0.4 is 11.1 Å². The van der Waals surface area contributed by atoms with E-state index in [1.165, 1.54) is 18.6 Å². The number of hydrogen-bond donors (Lipinski definition) is 4. The molecule has 2 aromatic heterocycles. The molecule has 0 aromatic carbocycles. The number of H-pyrrole nitrogens is 1. The number of hydrogen-bond acceptors (Lipinski definition) is 12. The van der Waals surface area contributed by atoms with Crippen molar-refractivity contribution in [3.63, 3.8) is 0 Å².